The maximum absolute atomic E-state index is 11.2. The molecule has 1 saturated heterocycles. The number of likely N-dealkylation sites (tertiary alicyclic amines) is 1. The summed E-state index contributed by atoms with van der Waals surface area (Å²) in [6, 6.07) is 0. The van der Waals surface area contributed by atoms with E-state index in [-0.39, 0.29) is 5.91 Å². The van der Waals surface area contributed by atoms with Crippen LogP contribution in [0.1, 0.15) is 12.8 Å². The molecule has 1 aliphatic heterocycles. The minimum atomic E-state index is -1.53. The zero-order valence-corrected chi connectivity index (χ0v) is 6.50. The van der Waals surface area contributed by atoms with Crippen molar-refractivity contribution < 1.29 is 9.90 Å². The van der Waals surface area contributed by atoms with Gasteiger partial charge in [-0.3, -0.25) is 4.79 Å². The van der Waals surface area contributed by atoms with E-state index < -0.39 is 5.60 Å². The van der Waals surface area contributed by atoms with E-state index in [0.717, 1.165) is 6.42 Å². The van der Waals surface area contributed by atoms with Gasteiger partial charge in [-0.05, 0) is 12.8 Å². The normalized spacial score (nSPS) is 31.7. The first kappa shape index (κ1) is 8.09. The van der Waals surface area contributed by atoms with Crippen molar-refractivity contribution in [2.45, 2.75) is 18.4 Å². The average Bonchev–Trinajstić information content (AvgIpc) is 2.00. The van der Waals surface area contributed by atoms with E-state index in [0.29, 0.717) is 13.0 Å². The van der Waals surface area contributed by atoms with E-state index >= 15 is 0 Å². The minimum Gasteiger partial charge on any atom is -0.369 e. The van der Waals surface area contributed by atoms with Gasteiger partial charge in [-0.15, -0.1) is 6.42 Å². The Labute approximate surface area is 66.0 Å². The summed E-state index contributed by atoms with van der Waals surface area (Å²) in [5.41, 5.74) is -1.53. The Morgan fingerprint density at radius 3 is 2.91 bits per heavy atom. The molecule has 0 unspecified atom stereocenters. The van der Waals surface area contributed by atoms with E-state index in [4.69, 9.17) is 6.42 Å². The van der Waals surface area contributed by atoms with Crippen LogP contribution in [-0.2, 0) is 4.79 Å². The van der Waals surface area contributed by atoms with E-state index in [1.54, 1.807) is 7.05 Å². The maximum atomic E-state index is 11.2. The minimum absolute atomic E-state index is 0.355. The van der Waals surface area contributed by atoms with Crippen molar-refractivity contribution >= 4 is 5.91 Å². The van der Waals surface area contributed by atoms with E-state index in [9.17, 15) is 9.90 Å². The molecule has 1 fully saturated rings. The Hall–Kier alpha value is -1.01. The van der Waals surface area contributed by atoms with Crippen molar-refractivity contribution in [1.29, 1.82) is 0 Å². The molecular formula is C8H11NO2. The van der Waals surface area contributed by atoms with Gasteiger partial charge in [0.05, 0.1) is 0 Å². The topological polar surface area (TPSA) is 40.5 Å². The van der Waals surface area contributed by atoms with Crippen molar-refractivity contribution in [3.63, 3.8) is 0 Å². The lowest BCUT2D eigenvalue weighted by molar-refractivity contribution is -0.148. The van der Waals surface area contributed by atoms with Crippen molar-refractivity contribution in [1.82, 2.24) is 4.90 Å². The molecule has 0 aliphatic carbocycles. The second-order valence-electron chi connectivity index (χ2n) is 2.83. The smallest absolute Gasteiger partial charge is 0.266 e. The molecule has 3 heteroatoms. The highest BCUT2D eigenvalue weighted by Crippen LogP contribution is 2.20. The summed E-state index contributed by atoms with van der Waals surface area (Å²) >= 11 is 0. The molecule has 60 valence electrons. The lowest BCUT2D eigenvalue weighted by atomic mass is 9.93. The SMILES string of the molecule is C#C[C@@]1(O)CCCN(C)C1=O. The zero-order valence-electron chi connectivity index (χ0n) is 6.50. The van der Waals surface area contributed by atoms with Crippen LogP contribution < -0.4 is 0 Å². The predicted molar refractivity (Wildman–Crippen MR) is 40.7 cm³/mol. The van der Waals surface area contributed by atoms with Gasteiger partial charge in [-0.2, -0.15) is 0 Å². The van der Waals surface area contributed by atoms with Crippen LogP contribution in [0.4, 0.5) is 0 Å². The van der Waals surface area contributed by atoms with Crippen LogP contribution in [0.3, 0.4) is 0 Å². The fraction of sp³-hybridized carbons (Fsp3) is 0.625. The molecule has 1 atom stereocenters. The second kappa shape index (κ2) is 2.55. The van der Waals surface area contributed by atoms with Gasteiger partial charge in [0.2, 0.25) is 5.60 Å². The van der Waals surface area contributed by atoms with Crippen molar-refractivity contribution in [3.05, 3.63) is 0 Å². The lowest BCUT2D eigenvalue weighted by Gasteiger charge is -2.32. The Bertz CT molecular complexity index is 219. The number of rotatable bonds is 0. The number of carbonyl (C=O) groups excluding carboxylic acids is 1. The first-order valence-corrected chi connectivity index (χ1v) is 3.56. The third kappa shape index (κ3) is 1.22. The highest BCUT2D eigenvalue weighted by molar-refractivity contribution is 5.88. The largest absolute Gasteiger partial charge is 0.369 e. The summed E-state index contributed by atoms with van der Waals surface area (Å²) in [5.74, 6) is 1.77. The first-order valence-electron chi connectivity index (χ1n) is 3.56. The molecule has 0 saturated carbocycles. The van der Waals surface area contributed by atoms with Crippen molar-refractivity contribution in [3.8, 4) is 12.3 Å². The van der Waals surface area contributed by atoms with Crippen LogP contribution in [-0.4, -0.2) is 35.1 Å². The van der Waals surface area contributed by atoms with E-state index in [1.165, 1.54) is 4.90 Å². The number of hydrogen-bond acceptors (Lipinski definition) is 2. The fourth-order valence-electron chi connectivity index (χ4n) is 1.23. The van der Waals surface area contributed by atoms with Gasteiger partial charge in [0, 0.05) is 13.6 Å². The van der Waals surface area contributed by atoms with Crippen molar-refractivity contribution in [2.75, 3.05) is 13.6 Å². The summed E-state index contributed by atoms with van der Waals surface area (Å²) in [4.78, 5) is 12.7. The average molecular weight is 153 g/mol. The number of carbonyl (C=O) groups is 1. The van der Waals surface area contributed by atoms with Gasteiger partial charge < -0.3 is 10.0 Å². The fourth-order valence-corrected chi connectivity index (χ4v) is 1.23. The highest BCUT2D eigenvalue weighted by Gasteiger charge is 2.38. The van der Waals surface area contributed by atoms with E-state index in [2.05, 4.69) is 5.92 Å². The molecule has 1 aliphatic rings. The summed E-state index contributed by atoms with van der Waals surface area (Å²) in [7, 11) is 1.64. The van der Waals surface area contributed by atoms with Gasteiger partial charge in [-0.25, -0.2) is 0 Å². The molecule has 0 bridgehead atoms. The van der Waals surface area contributed by atoms with E-state index in [1.807, 2.05) is 0 Å². The number of hydrogen-bond donors (Lipinski definition) is 1. The molecule has 1 N–H and O–H groups in total. The number of nitrogens with zero attached hydrogens (tertiary/aromatic N) is 1. The molecule has 0 spiro atoms. The van der Waals surface area contributed by atoms with Crippen LogP contribution in [0.5, 0.6) is 0 Å². The Morgan fingerprint density at radius 1 is 1.82 bits per heavy atom. The molecule has 0 aromatic heterocycles. The number of likely N-dealkylation sites (N-methyl/N-ethyl adjacent to an activating group) is 1. The molecular weight excluding hydrogens is 142 g/mol. The standard InChI is InChI=1S/C8H11NO2/c1-3-8(11)5-4-6-9(2)7(8)10/h1,11H,4-6H2,2H3/t8-/m1/s1. The highest BCUT2D eigenvalue weighted by atomic mass is 16.3. The quantitative estimate of drug-likeness (QED) is 0.481. The van der Waals surface area contributed by atoms with Gasteiger partial charge in [0.15, 0.2) is 0 Å². The lowest BCUT2D eigenvalue weighted by Crippen LogP contribution is -2.50. The van der Waals surface area contributed by atoms with Crippen molar-refractivity contribution in [2.24, 2.45) is 0 Å². The zero-order chi connectivity index (χ0) is 8.48. The van der Waals surface area contributed by atoms with Gasteiger partial charge >= 0.3 is 0 Å². The molecule has 1 heterocycles. The van der Waals surface area contributed by atoms with Crippen LogP contribution in [0, 0.1) is 12.3 Å². The second-order valence-corrected chi connectivity index (χ2v) is 2.83. The number of aliphatic hydroxyl groups is 1. The molecule has 11 heavy (non-hydrogen) atoms. The number of amides is 1. The summed E-state index contributed by atoms with van der Waals surface area (Å²) in [6.45, 7) is 0.683. The molecule has 0 radical (unpaired) electrons. The van der Waals surface area contributed by atoms with Gasteiger partial charge in [0.25, 0.3) is 5.91 Å². The number of piperidine rings is 1. The Kier molecular flexibility index (Phi) is 1.88. The molecule has 1 rings (SSSR count). The summed E-state index contributed by atoms with van der Waals surface area (Å²) in [6.07, 6.45) is 6.19. The third-order valence-corrected chi connectivity index (χ3v) is 1.97. The van der Waals surface area contributed by atoms with Gasteiger partial charge in [-0.1, -0.05) is 5.92 Å². The molecule has 0 aromatic rings. The van der Waals surface area contributed by atoms with Crippen LogP contribution in [0.2, 0.25) is 0 Å². The van der Waals surface area contributed by atoms with Crippen LogP contribution >= 0.6 is 0 Å². The van der Waals surface area contributed by atoms with Crippen LogP contribution in [0.15, 0.2) is 0 Å². The third-order valence-electron chi connectivity index (χ3n) is 1.97. The molecule has 3 nitrogen and oxygen atoms in total. The van der Waals surface area contributed by atoms with Crippen LogP contribution in [0.25, 0.3) is 0 Å². The Balaban J connectivity index is 2.83. The molecule has 0 aromatic carbocycles. The monoisotopic (exact) mass is 153 g/mol. The number of terminal acetylenes is 1. The first-order chi connectivity index (χ1) is 5.10. The summed E-state index contributed by atoms with van der Waals surface area (Å²) in [5, 5.41) is 9.49. The van der Waals surface area contributed by atoms with Gasteiger partial charge in [0.1, 0.15) is 0 Å². The molecule has 1 amide bonds. The predicted octanol–water partition coefficient (Wildman–Crippen LogP) is -0.397. The summed E-state index contributed by atoms with van der Waals surface area (Å²) < 4.78 is 0. The Morgan fingerprint density at radius 2 is 2.45 bits per heavy atom. The maximum Gasteiger partial charge on any atom is 0.266 e.